The molecule has 0 atom stereocenters. The van der Waals surface area contributed by atoms with Gasteiger partial charge in [0.05, 0.1) is 10.6 Å². The van der Waals surface area contributed by atoms with Crippen LogP contribution in [0, 0.1) is 24.4 Å². The zero-order chi connectivity index (χ0) is 14.9. The normalized spacial score (nSPS) is 10.7. The van der Waals surface area contributed by atoms with Crippen molar-refractivity contribution in [3.8, 4) is 0 Å². The van der Waals surface area contributed by atoms with Crippen LogP contribution in [-0.4, -0.2) is 5.78 Å². The smallest absolute Gasteiger partial charge is 0.170 e. The summed E-state index contributed by atoms with van der Waals surface area (Å²) in [5, 5.41) is -0.388. The van der Waals surface area contributed by atoms with Gasteiger partial charge >= 0.3 is 0 Å². The van der Waals surface area contributed by atoms with Crippen LogP contribution in [0.5, 0.6) is 0 Å². The molecule has 0 radical (unpaired) electrons. The summed E-state index contributed by atoms with van der Waals surface area (Å²) in [4.78, 5) is 12.0. The van der Waals surface area contributed by atoms with Crippen molar-refractivity contribution in [1.82, 2.24) is 0 Å². The van der Waals surface area contributed by atoms with E-state index < -0.39 is 28.8 Å². The molecule has 2 rings (SSSR count). The van der Waals surface area contributed by atoms with Crippen LogP contribution in [0.1, 0.15) is 21.5 Å². The molecule has 0 spiro atoms. The Balaban J connectivity index is 2.33. The Morgan fingerprint density at radius 3 is 2.50 bits per heavy atom. The van der Waals surface area contributed by atoms with Gasteiger partial charge in [-0.15, -0.1) is 0 Å². The van der Waals surface area contributed by atoms with Crippen LogP contribution in [0.4, 0.5) is 13.2 Å². The van der Waals surface area contributed by atoms with Gasteiger partial charge in [-0.05, 0) is 42.3 Å². The maximum Gasteiger partial charge on any atom is 0.170 e. The molecule has 2 aromatic rings. The van der Waals surface area contributed by atoms with Gasteiger partial charge in [0.2, 0.25) is 0 Å². The van der Waals surface area contributed by atoms with Gasteiger partial charge in [0.15, 0.2) is 5.78 Å². The van der Waals surface area contributed by atoms with Gasteiger partial charge in [-0.3, -0.25) is 4.79 Å². The molecule has 20 heavy (non-hydrogen) atoms. The minimum Gasteiger partial charge on any atom is -0.294 e. The van der Waals surface area contributed by atoms with E-state index in [1.54, 1.807) is 6.92 Å². The Kier molecular flexibility index (Phi) is 4.14. The van der Waals surface area contributed by atoms with Crippen molar-refractivity contribution in [2.24, 2.45) is 0 Å². The molecular formula is C15H10ClF3O. The van der Waals surface area contributed by atoms with E-state index in [2.05, 4.69) is 0 Å². The number of halogens is 4. The van der Waals surface area contributed by atoms with Gasteiger partial charge in [-0.1, -0.05) is 17.7 Å². The Morgan fingerprint density at radius 2 is 1.80 bits per heavy atom. The molecule has 0 bridgehead atoms. The zero-order valence-corrected chi connectivity index (χ0v) is 11.3. The molecule has 5 heteroatoms. The summed E-state index contributed by atoms with van der Waals surface area (Å²) in [5.41, 5.74) is 0.745. The second-order valence-electron chi connectivity index (χ2n) is 4.42. The number of carbonyl (C=O) groups is 1. The second-order valence-corrected chi connectivity index (χ2v) is 4.82. The number of rotatable bonds is 3. The quantitative estimate of drug-likeness (QED) is 0.603. The molecule has 0 aromatic heterocycles. The van der Waals surface area contributed by atoms with Crippen molar-refractivity contribution in [3.05, 3.63) is 69.5 Å². The van der Waals surface area contributed by atoms with Crippen LogP contribution in [0.3, 0.4) is 0 Å². The van der Waals surface area contributed by atoms with Crippen molar-refractivity contribution in [1.29, 1.82) is 0 Å². The van der Waals surface area contributed by atoms with Crippen molar-refractivity contribution in [2.45, 2.75) is 13.3 Å². The Hall–Kier alpha value is -1.81. The average Bonchev–Trinajstić information content (AvgIpc) is 2.38. The third-order valence-electron chi connectivity index (χ3n) is 2.97. The fraction of sp³-hybridized carbons (Fsp3) is 0.133. The van der Waals surface area contributed by atoms with Gasteiger partial charge in [0.1, 0.15) is 17.5 Å². The van der Waals surface area contributed by atoms with Crippen molar-refractivity contribution >= 4 is 17.4 Å². The third kappa shape index (κ3) is 3.02. The van der Waals surface area contributed by atoms with Crippen molar-refractivity contribution in [2.75, 3.05) is 0 Å². The van der Waals surface area contributed by atoms with E-state index in [0.29, 0.717) is 11.1 Å². The standard InChI is InChI=1S/C15H10ClF3O/c1-8-2-3-10(17)4-9(8)5-15(20)11-6-14(19)12(16)7-13(11)18/h2-4,6-7H,5H2,1H3. The molecule has 0 heterocycles. The van der Waals surface area contributed by atoms with E-state index in [4.69, 9.17) is 11.6 Å². The van der Waals surface area contributed by atoms with Crippen LogP contribution < -0.4 is 0 Å². The molecule has 0 amide bonds. The monoisotopic (exact) mass is 298 g/mol. The summed E-state index contributed by atoms with van der Waals surface area (Å²) in [6.45, 7) is 1.71. The largest absolute Gasteiger partial charge is 0.294 e. The topological polar surface area (TPSA) is 17.1 Å². The van der Waals surface area contributed by atoms with Crippen molar-refractivity contribution < 1.29 is 18.0 Å². The predicted molar refractivity (Wildman–Crippen MR) is 70.5 cm³/mol. The van der Waals surface area contributed by atoms with E-state index in [1.807, 2.05) is 0 Å². The Labute approximate surface area is 119 Å². The highest BCUT2D eigenvalue weighted by Crippen LogP contribution is 2.21. The molecule has 104 valence electrons. The molecule has 0 unspecified atom stereocenters. The fourth-order valence-electron chi connectivity index (χ4n) is 1.83. The van der Waals surface area contributed by atoms with E-state index >= 15 is 0 Å². The fourth-order valence-corrected chi connectivity index (χ4v) is 1.99. The minimum absolute atomic E-state index is 0.207. The third-order valence-corrected chi connectivity index (χ3v) is 3.26. The number of ketones is 1. The van der Waals surface area contributed by atoms with Gasteiger partial charge in [-0.25, -0.2) is 13.2 Å². The molecule has 0 aliphatic carbocycles. The molecule has 0 aliphatic heterocycles. The molecule has 0 fully saturated rings. The number of carbonyl (C=O) groups excluding carboxylic acids is 1. The number of benzene rings is 2. The highest BCUT2D eigenvalue weighted by atomic mass is 35.5. The summed E-state index contributed by atoms with van der Waals surface area (Å²) < 4.78 is 40.0. The van der Waals surface area contributed by atoms with Gasteiger partial charge in [-0.2, -0.15) is 0 Å². The SMILES string of the molecule is Cc1ccc(F)cc1CC(=O)c1cc(F)c(Cl)cc1F. The van der Waals surface area contributed by atoms with Crippen LogP contribution in [0.15, 0.2) is 30.3 Å². The van der Waals surface area contributed by atoms with E-state index in [1.165, 1.54) is 18.2 Å². The summed E-state index contributed by atoms with van der Waals surface area (Å²) >= 11 is 5.42. The van der Waals surface area contributed by atoms with Crippen LogP contribution in [0.25, 0.3) is 0 Å². The molecule has 0 N–H and O–H groups in total. The summed E-state index contributed by atoms with van der Waals surface area (Å²) in [6.07, 6.45) is -0.207. The van der Waals surface area contributed by atoms with Crippen molar-refractivity contribution in [3.63, 3.8) is 0 Å². The first-order valence-electron chi connectivity index (χ1n) is 5.81. The average molecular weight is 299 g/mol. The molecule has 0 aliphatic rings. The lowest BCUT2D eigenvalue weighted by Crippen LogP contribution is -2.08. The van der Waals surface area contributed by atoms with E-state index in [9.17, 15) is 18.0 Å². The van der Waals surface area contributed by atoms with Gasteiger partial charge in [0.25, 0.3) is 0 Å². The highest BCUT2D eigenvalue weighted by molar-refractivity contribution is 6.30. The summed E-state index contributed by atoms with van der Waals surface area (Å²) in [6, 6.07) is 5.51. The first kappa shape index (κ1) is 14.6. The molecule has 0 saturated carbocycles. The lowest BCUT2D eigenvalue weighted by Gasteiger charge is -2.07. The van der Waals surface area contributed by atoms with Gasteiger partial charge in [0, 0.05) is 6.42 Å². The second kappa shape index (κ2) is 5.67. The highest BCUT2D eigenvalue weighted by Gasteiger charge is 2.17. The minimum atomic E-state index is -0.893. The first-order chi connectivity index (χ1) is 9.38. The summed E-state index contributed by atoms with van der Waals surface area (Å²) in [7, 11) is 0. The molecule has 1 nitrogen and oxygen atoms in total. The van der Waals surface area contributed by atoms with Crippen LogP contribution in [0.2, 0.25) is 5.02 Å². The van der Waals surface area contributed by atoms with E-state index in [-0.39, 0.29) is 11.4 Å². The summed E-state index contributed by atoms with van der Waals surface area (Å²) in [5.74, 6) is -2.88. The number of Topliss-reactive ketones (excluding diaryl/α,β-unsaturated/α-hetero) is 1. The number of hydrogen-bond donors (Lipinski definition) is 0. The number of hydrogen-bond acceptors (Lipinski definition) is 1. The number of aryl methyl sites for hydroxylation is 1. The zero-order valence-electron chi connectivity index (χ0n) is 10.5. The van der Waals surface area contributed by atoms with Gasteiger partial charge < -0.3 is 0 Å². The molecule has 0 saturated heterocycles. The maximum absolute atomic E-state index is 13.6. The maximum atomic E-state index is 13.6. The lowest BCUT2D eigenvalue weighted by atomic mass is 9.99. The Morgan fingerprint density at radius 1 is 1.10 bits per heavy atom. The Bertz CT molecular complexity index is 683. The van der Waals surface area contributed by atoms with E-state index in [0.717, 1.165) is 12.1 Å². The molecule has 2 aromatic carbocycles. The van der Waals surface area contributed by atoms with Crippen LogP contribution >= 0.6 is 11.6 Å². The predicted octanol–water partition coefficient (Wildman–Crippen LogP) is 4.49. The first-order valence-corrected chi connectivity index (χ1v) is 6.19. The molecular weight excluding hydrogens is 289 g/mol. The lowest BCUT2D eigenvalue weighted by molar-refractivity contribution is 0.0988. The van der Waals surface area contributed by atoms with Crippen LogP contribution in [-0.2, 0) is 6.42 Å².